The van der Waals surface area contributed by atoms with Gasteiger partial charge in [0.1, 0.15) is 5.60 Å². The highest BCUT2D eigenvalue weighted by Gasteiger charge is 2.17. The Hall–Kier alpha value is -1.39. The number of esters is 1. The molecule has 0 aromatic heterocycles. The molecule has 1 fully saturated rings. The van der Waals surface area contributed by atoms with Gasteiger partial charge in [-0.2, -0.15) is 0 Å². The van der Waals surface area contributed by atoms with Crippen molar-refractivity contribution in [3.63, 3.8) is 0 Å². The number of morpholine rings is 1. The first-order valence-electron chi connectivity index (χ1n) is 9.50. The van der Waals surface area contributed by atoms with Gasteiger partial charge in [0, 0.05) is 19.6 Å². The number of benzene rings is 1. The molecule has 1 heterocycles. The van der Waals surface area contributed by atoms with Gasteiger partial charge in [0.05, 0.1) is 25.3 Å². The van der Waals surface area contributed by atoms with Crippen LogP contribution in [0, 0.1) is 0 Å². The Morgan fingerprint density at radius 2 is 2.04 bits per heavy atom. The van der Waals surface area contributed by atoms with Crippen molar-refractivity contribution in [3.05, 3.63) is 35.4 Å². The van der Waals surface area contributed by atoms with Gasteiger partial charge in [0.2, 0.25) is 0 Å². The predicted molar refractivity (Wildman–Crippen MR) is 122 cm³/mol. The Balaban J connectivity index is 0.00000392. The largest absolute Gasteiger partial charge is 0.456 e. The van der Waals surface area contributed by atoms with Crippen LogP contribution in [0.1, 0.15) is 43.1 Å². The number of hydrogen-bond acceptors (Lipinski definition) is 5. The predicted octanol–water partition coefficient (Wildman–Crippen LogP) is 2.39. The van der Waals surface area contributed by atoms with Gasteiger partial charge in [-0.05, 0) is 51.4 Å². The van der Waals surface area contributed by atoms with Crippen LogP contribution in [-0.2, 0) is 16.0 Å². The molecule has 1 aromatic rings. The molecule has 28 heavy (non-hydrogen) atoms. The molecule has 1 aliphatic rings. The molecule has 0 unspecified atom stereocenters. The van der Waals surface area contributed by atoms with Crippen molar-refractivity contribution in [2.75, 3.05) is 39.4 Å². The van der Waals surface area contributed by atoms with Crippen molar-refractivity contribution in [3.8, 4) is 0 Å². The minimum Gasteiger partial charge on any atom is -0.456 e. The Morgan fingerprint density at radius 1 is 1.32 bits per heavy atom. The number of nitrogens with two attached hydrogens (primary N) is 1. The summed E-state index contributed by atoms with van der Waals surface area (Å²) in [6.45, 7) is 11.4. The third kappa shape index (κ3) is 9.70. The quantitative estimate of drug-likeness (QED) is 0.195. The molecule has 2 rings (SSSR count). The molecule has 0 saturated carbocycles. The molecule has 7 nitrogen and oxygen atoms in total. The average molecular weight is 504 g/mol. The van der Waals surface area contributed by atoms with Crippen LogP contribution in [0.25, 0.3) is 0 Å². The monoisotopic (exact) mass is 504 g/mol. The topological polar surface area (TPSA) is 89.2 Å². The summed E-state index contributed by atoms with van der Waals surface area (Å²) in [7, 11) is 0. The van der Waals surface area contributed by atoms with Crippen molar-refractivity contribution in [1.29, 1.82) is 0 Å². The maximum Gasteiger partial charge on any atom is 0.338 e. The summed E-state index contributed by atoms with van der Waals surface area (Å²) in [6.07, 6.45) is 1.00. The summed E-state index contributed by atoms with van der Waals surface area (Å²) in [5.74, 6) is 0.0854. The lowest BCUT2D eigenvalue weighted by Gasteiger charge is -2.26. The Kier molecular flexibility index (Phi) is 10.8. The van der Waals surface area contributed by atoms with E-state index in [4.69, 9.17) is 15.2 Å². The van der Waals surface area contributed by atoms with Crippen LogP contribution in [0.15, 0.2) is 29.3 Å². The lowest BCUT2D eigenvalue weighted by molar-refractivity contribution is 0.00694. The number of halogens is 1. The molecule has 8 heteroatoms. The molecule has 0 amide bonds. The second-order valence-electron chi connectivity index (χ2n) is 7.64. The van der Waals surface area contributed by atoms with Crippen molar-refractivity contribution < 1.29 is 14.3 Å². The van der Waals surface area contributed by atoms with Crippen LogP contribution in [0.5, 0.6) is 0 Å². The SMILES string of the molecule is CC(C)(C)OC(=O)c1cccc(CN=C(N)NCCCN2CCOCC2)c1.I. The van der Waals surface area contributed by atoms with E-state index in [1.54, 1.807) is 12.1 Å². The van der Waals surface area contributed by atoms with Crippen LogP contribution in [0.2, 0.25) is 0 Å². The van der Waals surface area contributed by atoms with Gasteiger partial charge >= 0.3 is 5.97 Å². The first kappa shape index (κ1) is 24.6. The van der Waals surface area contributed by atoms with E-state index in [1.807, 2.05) is 32.9 Å². The number of nitrogens with one attached hydrogen (secondary N) is 1. The van der Waals surface area contributed by atoms with E-state index >= 15 is 0 Å². The zero-order valence-electron chi connectivity index (χ0n) is 17.1. The number of aliphatic imine (C=N–C) groups is 1. The highest BCUT2D eigenvalue weighted by Crippen LogP contribution is 2.13. The van der Waals surface area contributed by atoms with Gasteiger partial charge in [-0.25, -0.2) is 9.79 Å². The zero-order valence-corrected chi connectivity index (χ0v) is 19.4. The molecular formula is C20H33IN4O3. The van der Waals surface area contributed by atoms with Crippen molar-refractivity contribution in [2.45, 2.75) is 39.3 Å². The lowest BCUT2D eigenvalue weighted by Crippen LogP contribution is -2.39. The fraction of sp³-hybridized carbons (Fsp3) is 0.600. The Labute approximate surface area is 185 Å². The molecule has 158 valence electrons. The fourth-order valence-electron chi connectivity index (χ4n) is 2.71. The Morgan fingerprint density at radius 3 is 2.71 bits per heavy atom. The van der Waals surface area contributed by atoms with E-state index in [0.717, 1.165) is 51.4 Å². The second-order valence-corrected chi connectivity index (χ2v) is 7.64. The number of nitrogens with zero attached hydrogens (tertiary/aromatic N) is 2. The molecule has 1 aliphatic heterocycles. The highest BCUT2D eigenvalue weighted by molar-refractivity contribution is 14.0. The van der Waals surface area contributed by atoms with E-state index in [2.05, 4.69) is 15.2 Å². The number of guanidine groups is 1. The molecule has 0 aliphatic carbocycles. The molecule has 0 radical (unpaired) electrons. The van der Waals surface area contributed by atoms with Crippen molar-refractivity contribution >= 4 is 35.9 Å². The fourth-order valence-corrected chi connectivity index (χ4v) is 2.71. The van der Waals surface area contributed by atoms with Gasteiger partial charge in [-0.1, -0.05) is 12.1 Å². The molecule has 1 aromatic carbocycles. The number of hydrogen-bond donors (Lipinski definition) is 2. The molecule has 0 spiro atoms. The summed E-state index contributed by atoms with van der Waals surface area (Å²) >= 11 is 0. The standard InChI is InChI=1S/C20H32N4O3.HI/c1-20(2,3)27-18(25)17-7-4-6-16(14-17)15-23-19(21)22-8-5-9-24-10-12-26-13-11-24;/h4,6-7,14H,5,8-13,15H2,1-3H3,(H3,21,22,23);1H. The van der Waals surface area contributed by atoms with Gasteiger partial charge in [-0.15, -0.1) is 24.0 Å². The molecule has 3 N–H and O–H groups in total. The van der Waals surface area contributed by atoms with E-state index in [0.29, 0.717) is 18.1 Å². The lowest BCUT2D eigenvalue weighted by atomic mass is 10.1. The molecule has 0 bridgehead atoms. The van der Waals surface area contributed by atoms with Crippen molar-refractivity contribution in [2.24, 2.45) is 10.7 Å². The minimum absolute atomic E-state index is 0. The summed E-state index contributed by atoms with van der Waals surface area (Å²) in [6, 6.07) is 7.29. The maximum atomic E-state index is 12.1. The van der Waals surface area contributed by atoms with Crippen LogP contribution in [0.3, 0.4) is 0 Å². The average Bonchev–Trinajstić information content (AvgIpc) is 2.63. The molecular weight excluding hydrogens is 471 g/mol. The van der Waals surface area contributed by atoms with E-state index in [1.165, 1.54) is 0 Å². The zero-order chi connectivity index (χ0) is 19.7. The van der Waals surface area contributed by atoms with Crippen molar-refractivity contribution in [1.82, 2.24) is 10.2 Å². The molecule has 0 atom stereocenters. The normalized spacial score (nSPS) is 15.6. The summed E-state index contributed by atoms with van der Waals surface area (Å²) in [5.41, 5.74) is 6.86. The third-order valence-corrected chi connectivity index (χ3v) is 4.05. The van der Waals surface area contributed by atoms with Crippen LogP contribution >= 0.6 is 24.0 Å². The van der Waals surface area contributed by atoms with Crippen LogP contribution in [-0.4, -0.2) is 61.8 Å². The Bertz CT molecular complexity index is 641. The van der Waals surface area contributed by atoms with Gasteiger partial charge in [0.15, 0.2) is 5.96 Å². The van der Waals surface area contributed by atoms with Crippen LogP contribution < -0.4 is 11.1 Å². The van der Waals surface area contributed by atoms with Gasteiger partial charge < -0.3 is 20.5 Å². The highest BCUT2D eigenvalue weighted by atomic mass is 127. The van der Waals surface area contributed by atoms with E-state index < -0.39 is 5.60 Å². The maximum absolute atomic E-state index is 12.1. The van der Waals surface area contributed by atoms with E-state index in [-0.39, 0.29) is 29.9 Å². The summed E-state index contributed by atoms with van der Waals surface area (Å²) in [4.78, 5) is 18.9. The van der Waals surface area contributed by atoms with Gasteiger partial charge in [-0.3, -0.25) is 4.90 Å². The number of ether oxygens (including phenoxy) is 2. The number of rotatable bonds is 7. The smallest absolute Gasteiger partial charge is 0.338 e. The number of carbonyl (C=O) groups is 1. The summed E-state index contributed by atoms with van der Waals surface area (Å²) in [5, 5.41) is 3.14. The van der Waals surface area contributed by atoms with Gasteiger partial charge in [0.25, 0.3) is 0 Å². The third-order valence-electron chi connectivity index (χ3n) is 4.05. The summed E-state index contributed by atoms with van der Waals surface area (Å²) < 4.78 is 10.7. The first-order valence-corrected chi connectivity index (χ1v) is 9.50. The van der Waals surface area contributed by atoms with E-state index in [9.17, 15) is 4.79 Å². The number of carbonyl (C=O) groups excluding carboxylic acids is 1. The second kappa shape index (κ2) is 12.2. The minimum atomic E-state index is -0.513. The molecule has 1 saturated heterocycles. The van der Waals surface area contributed by atoms with Crippen LogP contribution in [0.4, 0.5) is 0 Å². The first-order chi connectivity index (χ1) is 12.8.